The second-order valence-corrected chi connectivity index (χ2v) is 5.90. The lowest BCUT2D eigenvalue weighted by atomic mass is 9.96. The van der Waals surface area contributed by atoms with Gasteiger partial charge in [0.15, 0.2) is 0 Å². The van der Waals surface area contributed by atoms with Crippen LogP contribution in [0.1, 0.15) is 36.1 Å². The monoisotopic (exact) mass is 353 g/mol. The Morgan fingerprint density at radius 2 is 1.90 bits per heavy atom. The number of aryl methyl sites for hydroxylation is 1. The summed E-state index contributed by atoms with van der Waals surface area (Å²) in [6, 6.07) is 9.20. The van der Waals surface area contributed by atoms with Crippen molar-refractivity contribution in [3.63, 3.8) is 0 Å². The Bertz CT molecular complexity index is 608. The van der Waals surface area contributed by atoms with Crippen LogP contribution < -0.4 is 5.32 Å². The minimum absolute atomic E-state index is 0.329. The molecule has 0 saturated carbocycles. The average molecular weight is 354 g/mol. The molecule has 0 radical (unpaired) electrons. The van der Waals surface area contributed by atoms with Gasteiger partial charge in [-0.3, -0.25) is 0 Å². The van der Waals surface area contributed by atoms with Gasteiger partial charge in [0.05, 0.1) is 6.04 Å². The van der Waals surface area contributed by atoms with Gasteiger partial charge in [0, 0.05) is 15.6 Å². The lowest BCUT2D eigenvalue weighted by molar-refractivity contribution is 0.518. The summed E-state index contributed by atoms with van der Waals surface area (Å²) >= 11 is 3.38. The zero-order valence-corrected chi connectivity index (χ0v) is 13.7. The second kappa shape index (κ2) is 7.14. The molecule has 0 saturated heterocycles. The fourth-order valence-electron chi connectivity index (χ4n) is 2.33. The molecule has 0 spiro atoms. The first-order chi connectivity index (χ1) is 10.0. The number of halogens is 3. The number of nitrogens with one attached hydrogen (secondary N) is 1. The van der Waals surface area contributed by atoms with Crippen molar-refractivity contribution >= 4 is 15.9 Å². The van der Waals surface area contributed by atoms with Crippen LogP contribution in [0.3, 0.4) is 0 Å². The molecule has 0 amide bonds. The predicted octanol–water partition coefficient (Wildman–Crippen LogP) is 5.12. The molecule has 1 nitrogen and oxygen atoms in total. The minimum Gasteiger partial charge on any atom is -0.306 e. The van der Waals surface area contributed by atoms with Gasteiger partial charge in [0.2, 0.25) is 0 Å². The van der Waals surface area contributed by atoms with Crippen LogP contribution in [0.25, 0.3) is 0 Å². The summed E-state index contributed by atoms with van der Waals surface area (Å²) in [7, 11) is 0. The van der Waals surface area contributed by atoms with Crippen LogP contribution in [0, 0.1) is 18.6 Å². The van der Waals surface area contributed by atoms with E-state index in [1.807, 2.05) is 13.8 Å². The quantitative estimate of drug-likeness (QED) is 0.785. The summed E-state index contributed by atoms with van der Waals surface area (Å²) < 4.78 is 29.1. The molecule has 0 aliphatic rings. The van der Waals surface area contributed by atoms with Gasteiger partial charge in [-0.1, -0.05) is 46.6 Å². The van der Waals surface area contributed by atoms with Gasteiger partial charge in [-0.05, 0) is 38.1 Å². The van der Waals surface area contributed by atoms with E-state index in [1.165, 1.54) is 12.1 Å². The highest BCUT2D eigenvalue weighted by atomic mass is 79.9. The maximum absolute atomic E-state index is 14.3. The molecule has 2 aromatic rings. The Kier molecular flexibility index (Phi) is 5.48. The van der Waals surface area contributed by atoms with Crippen LogP contribution in [0.2, 0.25) is 0 Å². The molecule has 1 N–H and O–H groups in total. The van der Waals surface area contributed by atoms with E-state index < -0.39 is 6.04 Å². The molecule has 21 heavy (non-hydrogen) atoms. The summed E-state index contributed by atoms with van der Waals surface area (Å²) in [6.07, 6.45) is 0.885. The van der Waals surface area contributed by atoms with Crippen LogP contribution in [-0.2, 0) is 0 Å². The van der Waals surface area contributed by atoms with Gasteiger partial charge in [-0.25, -0.2) is 8.78 Å². The largest absolute Gasteiger partial charge is 0.306 e. The molecule has 0 fully saturated rings. The second-order valence-electron chi connectivity index (χ2n) is 5.05. The molecule has 1 unspecified atom stereocenters. The first-order valence-corrected chi connectivity index (χ1v) is 7.77. The van der Waals surface area contributed by atoms with Crippen LogP contribution >= 0.6 is 15.9 Å². The predicted molar refractivity (Wildman–Crippen MR) is 85.4 cm³/mol. The van der Waals surface area contributed by atoms with Crippen LogP contribution in [0.5, 0.6) is 0 Å². The third-order valence-electron chi connectivity index (χ3n) is 3.35. The Morgan fingerprint density at radius 3 is 2.57 bits per heavy atom. The summed E-state index contributed by atoms with van der Waals surface area (Å²) in [6.45, 7) is 4.60. The van der Waals surface area contributed by atoms with Gasteiger partial charge >= 0.3 is 0 Å². The van der Waals surface area contributed by atoms with Crippen molar-refractivity contribution in [3.8, 4) is 0 Å². The highest BCUT2D eigenvalue weighted by Crippen LogP contribution is 2.32. The Morgan fingerprint density at radius 1 is 1.14 bits per heavy atom. The van der Waals surface area contributed by atoms with Gasteiger partial charge in [-0.2, -0.15) is 0 Å². The molecule has 0 heterocycles. The van der Waals surface area contributed by atoms with Crippen molar-refractivity contribution in [2.24, 2.45) is 0 Å². The van der Waals surface area contributed by atoms with E-state index in [-0.39, 0.29) is 11.6 Å². The van der Waals surface area contributed by atoms with Crippen LogP contribution in [-0.4, -0.2) is 6.54 Å². The third-order valence-corrected chi connectivity index (χ3v) is 4.04. The molecule has 0 aliphatic carbocycles. The first kappa shape index (κ1) is 16.1. The molecule has 4 heteroatoms. The normalized spacial score (nSPS) is 12.4. The van der Waals surface area contributed by atoms with E-state index in [9.17, 15) is 8.78 Å². The van der Waals surface area contributed by atoms with Crippen molar-refractivity contribution in [1.29, 1.82) is 0 Å². The fraction of sp³-hybridized carbons (Fsp3) is 0.294. The molecule has 0 aromatic heterocycles. The summed E-state index contributed by atoms with van der Waals surface area (Å²) in [5.74, 6) is -0.678. The molecular weight excluding hydrogens is 336 g/mol. The van der Waals surface area contributed by atoms with Crippen molar-refractivity contribution in [1.82, 2.24) is 5.32 Å². The topological polar surface area (TPSA) is 12.0 Å². The zero-order chi connectivity index (χ0) is 15.4. The molecule has 0 bridgehead atoms. The van der Waals surface area contributed by atoms with Gasteiger partial charge in [-0.15, -0.1) is 0 Å². The van der Waals surface area contributed by atoms with Crippen molar-refractivity contribution in [2.75, 3.05) is 6.54 Å². The Balaban J connectivity index is 2.55. The Labute approximate surface area is 132 Å². The molecule has 1 atom stereocenters. The average Bonchev–Trinajstić information content (AvgIpc) is 2.45. The van der Waals surface area contributed by atoms with Gasteiger partial charge in [0.1, 0.15) is 11.6 Å². The highest BCUT2D eigenvalue weighted by Gasteiger charge is 2.22. The molecule has 2 rings (SSSR count). The number of hydrogen-bond donors (Lipinski definition) is 1. The molecule has 2 aromatic carbocycles. The number of rotatable bonds is 5. The maximum Gasteiger partial charge on any atom is 0.129 e. The van der Waals surface area contributed by atoms with E-state index in [0.29, 0.717) is 22.1 Å². The standard InChI is InChI=1S/C17H18BrF2N/c1-3-9-21-17(12-10-11(2)7-8-14(12)19)16-13(18)5-4-6-15(16)20/h4-8,10,17,21H,3,9H2,1-2H3. The SMILES string of the molecule is CCCNC(c1cc(C)ccc1F)c1c(F)cccc1Br. The van der Waals surface area contributed by atoms with Crippen molar-refractivity contribution in [3.05, 3.63) is 69.2 Å². The van der Waals surface area contributed by atoms with Gasteiger partial charge in [0.25, 0.3) is 0 Å². The van der Waals surface area contributed by atoms with E-state index in [2.05, 4.69) is 21.2 Å². The smallest absolute Gasteiger partial charge is 0.129 e. The van der Waals surface area contributed by atoms with Crippen molar-refractivity contribution in [2.45, 2.75) is 26.3 Å². The summed E-state index contributed by atoms with van der Waals surface area (Å²) in [5.41, 5.74) is 1.85. The van der Waals surface area contributed by atoms with E-state index in [0.717, 1.165) is 12.0 Å². The van der Waals surface area contributed by atoms with Crippen LogP contribution in [0.4, 0.5) is 8.78 Å². The highest BCUT2D eigenvalue weighted by molar-refractivity contribution is 9.10. The first-order valence-electron chi connectivity index (χ1n) is 6.98. The van der Waals surface area contributed by atoms with Crippen molar-refractivity contribution < 1.29 is 8.78 Å². The van der Waals surface area contributed by atoms with E-state index in [1.54, 1.807) is 24.3 Å². The number of benzene rings is 2. The molecular formula is C17H18BrF2N. The van der Waals surface area contributed by atoms with Gasteiger partial charge < -0.3 is 5.32 Å². The fourth-order valence-corrected chi connectivity index (χ4v) is 2.90. The maximum atomic E-state index is 14.3. The summed E-state index contributed by atoms with van der Waals surface area (Å²) in [4.78, 5) is 0. The van der Waals surface area contributed by atoms with E-state index in [4.69, 9.17) is 0 Å². The van der Waals surface area contributed by atoms with Crippen LogP contribution in [0.15, 0.2) is 40.9 Å². The zero-order valence-electron chi connectivity index (χ0n) is 12.1. The Hall–Kier alpha value is -1.26. The summed E-state index contributed by atoms with van der Waals surface area (Å²) in [5, 5.41) is 3.24. The minimum atomic E-state index is -0.513. The molecule has 0 aliphatic heterocycles. The third kappa shape index (κ3) is 3.69. The lowest BCUT2D eigenvalue weighted by Gasteiger charge is -2.22. The molecule has 112 valence electrons. The number of hydrogen-bond acceptors (Lipinski definition) is 1. The lowest BCUT2D eigenvalue weighted by Crippen LogP contribution is -2.25. The van der Waals surface area contributed by atoms with E-state index >= 15 is 0 Å².